The molecule has 180 valence electrons. The Morgan fingerprint density at radius 1 is 1.18 bits per heavy atom. The molecule has 0 aliphatic carbocycles. The number of aromatic nitrogens is 1. The van der Waals surface area contributed by atoms with Gasteiger partial charge in [-0.1, -0.05) is 24.8 Å². The summed E-state index contributed by atoms with van der Waals surface area (Å²) in [5.74, 6) is -0.749. The molecule has 1 amide bonds. The van der Waals surface area contributed by atoms with Gasteiger partial charge in [-0.2, -0.15) is 0 Å². The summed E-state index contributed by atoms with van der Waals surface area (Å²) in [5.41, 5.74) is 3.97. The molecule has 0 radical (unpaired) electrons. The maximum Gasteiger partial charge on any atom is 0.295 e. The molecule has 0 saturated carbocycles. The van der Waals surface area contributed by atoms with Gasteiger partial charge in [-0.15, -0.1) is 0 Å². The lowest BCUT2D eigenvalue weighted by atomic mass is 9.94. The van der Waals surface area contributed by atoms with Crippen molar-refractivity contribution in [1.82, 2.24) is 14.8 Å². The maximum atomic E-state index is 13.3. The molecule has 2 aliphatic rings. The number of ketones is 1. The Morgan fingerprint density at radius 2 is 1.91 bits per heavy atom. The van der Waals surface area contributed by atoms with E-state index in [1.165, 1.54) is 0 Å². The number of aliphatic hydroxyl groups is 1. The number of rotatable bonds is 8. The Bertz CT molecular complexity index is 1140. The Hall–Kier alpha value is -3.32. The van der Waals surface area contributed by atoms with Crippen LogP contribution in [0.3, 0.4) is 0 Å². The van der Waals surface area contributed by atoms with Gasteiger partial charge in [-0.25, -0.2) is 0 Å². The van der Waals surface area contributed by atoms with Crippen molar-refractivity contribution in [2.24, 2.45) is 0 Å². The van der Waals surface area contributed by atoms with E-state index in [1.807, 2.05) is 45.0 Å². The van der Waals surface area contributed by atoms with Gasteiger partial charge in [0.1, 0.15) is 18.1 Å². The van der Waals surface area contributed by atoms with E-state index in [-0.39, 0.29) is 11.3 Å². The Kier molecular flexibility index (Phi) is 6.93. The number of benzene rings is 1. The third-order valence-corrected chi connectivity index (χ3v) is 6.86. The molecule has 2 N–H and O–H groups in total. The molecule has 0 bridgehead atoms. The minimum Gasteiger partial charge on any atom is -0.507 e. The van der Waals surface area contributed by atoms with Crippen molar-refractivity contribution in [2.75, 3.05) is 32.8 Å². The molecule has 1 aromatic carbocycles. The molecule has 1 aromatic heterocycles. The van der Waals surface area contributed by atoms with E-state index in [4.69, 9.17) is 4.74 Å². The second-order valence-electron chi connectivity index (χ2n) is 9.09. The number of carbonyl (C=O) groups is 2. The number of nitrogens with zero attached hydrogens (tertiary/aromatic N) is 2. The zero-order valence-corrected chi connectivity index (χ0v) is 20.2. The molecule has 1 unspecified atom stereocenters. The number of hydrogen-bond donors (Lipinski definition) is 2. The maximum absolute atomic E-state index is 13.3. The standard InChI is InChI=1S/C27H33N3O4/c1-5-15-34-21-10-8-9-20(16-21)24-23(25(31)22-17(2)18(3)28-19(22)4)26(32)27(33)30(24)14-13-29-11-6-7-12-29/h5,8-10,16,24,28,31H,1,6-7,11-15H2,2-4H3/b25-23+. The van der Waals surface area contributed by atoms with Crippen molar-refractivity contribution >= 4 is 17.4 Å². The van der Waals surface area contributed by atoms with E-state index in [0.717, 1.165) is 48.4 Å². The van der Waals surface area contributed by atoms with Gasteiger partial charge in [-0.3, -0.25) is 9.59 Å². The summed E-state index contributed by atoms with van der Waals surface area (Å²) >= 11 is 0. The second-order valence-corrected chi connectivity index (χ2v) is 9.09. The highest BCUT2D eigenvalue weighted by atomic mass is 16.5. The number of likely N-dealkylation sites (tertiary alicyclic amines) is 2. The third-order valence-electron chi connectivity index (χ3n) is 6.86. The van der Waals surface area contributed by atoms with Gasteiger partial charge in [0, 0.05) is 30.0 Å². The van der Waals surface area contributed by atoms with Gasteiger partial charge >= 0.3 is 0 Å². The number of aromatic amines is 1. The summed E-state index contributed by atoms with van der Waals surface area (Å²) in [6.45, 7) is 12.8. The second kappa shape index (κ2) is 9.89. The molecule has 2 aromatic rings. The highest BCUT2D eigenvalue weighted by Crippen LogP contribution is 2.41. The molecule has 2 saturated heterocycles. The van der Waals surface area contributed by atoms with Crippen LogP contribution in [-0.4, -0.2) is 64.4 Å². The first-order chi connectivity index (χ1) is 16.3. The molecule has 2 fully saturated rings. The minimum atomic E-state index is -0.691. The Morgan fingerprint density at radius 3 is 2.56 bits per heavy atom. The lowest BCUT2D eigenvalue weighted by Crippen LogP contribution is -2.37. The number of ether oxygens (including phenoxy) is 1. The first kappa shape index (κ1) is 23.8. The molecular formula is C27H33N3O4. The van der Waals surface area contributed by atoms with Gasteiger partial charge in [0.25, 0.3) is 11.7 Å². The Balaban J connectivity index is 1.80. The van der Waals surface area contributed by atoms with Crippen LogP contribution in [0, 0.1) is 20.8 Å². The molecule has 34 heavy (non-hydrogen) atoms. The van der Waals surface area contributed by atoms with Crippen molar-refractivity contribution in [1.29, 1.82) is 0 Å². The van der Waals surface area contributed by atoms with Crippen LogP contribution < -0.4 is 4.74 Å². The zero-order valence-electron chi connectivity index (χ0n) is 20.2. The summed E-state index contributed by atoms with van der Waals surface area (Å²) < 4.78 is 5.71. The average molecular weight is 464 g/mol. The van der Waals surface area contributed by atoms with Crippen molar-refractivity contribution in [3.63, 3.8) is 0 Å². The van der Waals surface area contributed by atoms with E-state index in [0.29, 0.717) is 31.0 Å². The van der Waals surface area contributed by atoms with Crippen LogP contribution in [0.5, 0.6) is 5.75 Å². The third kappa shape index (κ3) is 4.40. The molecule has 7 nitrogen and oxygen atoms in total. The van der Waals surface area contributed by atoms with Crippen molar-refractivity contribution in [3.8, 4) is 5.75 Å². The number of carbonyl (C=O) groups excluding carboxylic acids is 2. The number of amides is 1. The van der Waals surface area contributed by atoms with Gasteiger partial charge in [0.15, 0.2) is 0 Å². The SMILES string of the molecule is C=CCOc1cccc(C2/C(=C(\O)c3c(C)[nH]c(C)c3C)C(=O)C(=O)N2CCN2CCCC2)c1. The van der Waals surface area contributed by atoms with Gasteiger partial charge in [0.05, 0.1) is 11.6 Å². The van der Waals surface area contributed by atoms with E-state index in [9.17, 15) is 14.7 Å². The monoisotopic (exact) mass is 463 g/mol. The summed E-state index contributed by atoms with van der Waals surface area (Å²) in [6, 6.07) is 6.68. The molecule has 7 heteroatoms. The predicted octanol–water partition coefficient (Wildman–Crippen LogP) is 4.02. The fourth-order valence-corrected chi connectivity index (χ4v) is 5.04. The van der Waals surface area contributed by atoms with Crippen LogP contribution in [0.2, 0.25) is 0 Å². The van der Waals surface area contributed by atoms with Crippen molar-refractivity contribution < 1.29 is 19.4 Å². The highest BCUT2D eigenvalue weighted by molar-refractivity contribution is 6.46. The smallest absolute Gasteiger partial charge is 0.295 e. The van der Waals surface area contributed by atoms with E-state index >= 15 is 0 Å². The first-order valence-electron chi connectivity index (χ1n) is 11.8. The summed E-state index contributed by atoms with van der Waals surface area (Å²) in [5, 5.41) is 11.4. The number of nitrogens with one attached hydrogen (secondary N) is 1. The number of hydrogen-bond acceptors (Lipinski definition) is 5. The molecular weight excluding hydrogens is 430 g/mol. The first-order valence-corrected chi connectivity index (χ1v) is 11.8. The lowest BCUT2D eigenvalue weighted by Gasteiger charge is -2.27. The number of H-pyrrole nitrogens is 1. The predicted molar refractivity (Wildman–Crippen MR) is 132 cm³/mol. The molecule has 4 rings (SSSR count). The quantitative estimate of drug-likeness (QED) is 0.267. The summed E-state index contributed by atoms with van der Waals surface area (Å²) in [4.78, 5) is 33.7. The highest BCUT2D eigenvalue weighted by Gasteiger charge is 2.46. The summed E-state index contributed by atoms with van der Waals surface area (Å²) in [6.07, 6.45) is 3.96. The van der Waals surface area contributed by atoms with Crippen LogP contribution in [0.1, 0.15) is 47.0 Å². The summed E-state index contributed by atoms with van der Waals surface area (Å²) in [7, 11) is 0. The molecule has 0 spiro atoms. The fraction of sp³-hybridized carbons (Fsp3) is 0.407. The normalized spacial score (nSPS) is 20.3. The lowest BCUT2D eigenvalue weighted by molar-refractivity contribution is -0.140. The van der Waals surface area contributed by atoms with Crippen LogP contribution in [0.4, 0.5) is 0 Å². The zero-order chi connectivity index (χ0) is 24.4. The van der Waals surface area contributed by atoms with Crippen LogP contribution in [0.25, 0.3) is 5.76 Å². The van der Waals surface area contributed by atoms with E-state index in [1.54, 1.807) is 11.0 Å². The largest absolute Gasteiger partial charge is 0.507 e. The van der Waals surface area contributed by atoms with Crippen LogP contribution in [-0.2, 0) is 9.59 Å². The van der Waals surface area contributed by atoms with Crippen molar-refractivity contribution in [3.05, 3.63) is 70.6 Å². The van der Waals surface area contributed by atoms with Crippen LogP contribution in [0.15, 0.2) is 42.5 Å². The Labute approximate surface area is 200 Å². The van der Waals surface area contributed by atoms with E-state index < -0.39 is 17.7 Å². The molecule has 1 atom stereocenters. The number of aryl methyl sites for hydroxylation is 2. The molecule has 3 heterocycles. The van der Waals surface area contributed by atoms with Crippen LogP contribution >= 0.6 is 0 Å². The topological polar surface area (TPSA) is 85.9 Å². The fourth-order valence-electron chi connectivity index (χ4n) is 5.04. The van der Waals surface area contributed by atoms with E-state index in [2.05, 4.69) is 16.5 Å². The van der Waals surface area contributed by atoms with Gasteiger partial charge in [0.2, 0.25) is 0 Å². The number of Topliss-reactive ketones (excluding diaryl/α,β-unsaturated/α-hetero) is 1. The number of aliphatic hydroxyl groups excluding tert-OH is 1. The molecule has 2 aliphatic heterocycles. The minimum absolute atomic E-state index is 0.123. The average Bonchev–Trinajstić information content (AvgIpc) is 3.49. The van der Waals surface area contributed by atoms with Gasteiger partial charge in [-0.05, 0) is 70.0 Å². The van der Waals surface area contributed by atoms with Crippen molar-refractivity contribution in [2.45, 2.75) is 39.7 Å². The van der Waals surface area contributed by atoms with Gasteiger partial charge < -0.3 is 24.6 Å².